The number of nitrogens with zero attached hydrogens (tertiary/aromatic N) is 2. The summed E-state index contributed by atoms with van der Waals surface area (Å²) in [5, 5.41) is 10.3. The van der Waals surface area contributed by atoms with Crippen molar-refractivity contribution in [2.24, 2.45) is 5.73 Å². The van der Waals surface area contributed by atoms with Crippen molar-refractivity contribution in [1.29, 1.82) is 0 Å². The Labute approximate surface area is 219 Å². The molecule has 1 fully saturated rings. The fraction of sp³-hybridized carbons (Fsp3) is 0.261. The van der Waals surface area contributed by atoms with Gasteiger partial charge in [0.15, 0.2) is 0 Å². The molecule has 1 aromatic carbocycles. The molecule has 0 saturated carbocycles. The van der Waals surface area contributed by atoms with E-state index < -0.39 is 33.9 Å². The Bertz CT molecular complexity index is 1480. The summed E-state index contributed by atoms with van der Waals surface area (Å²) < 4.78 is 61.0. The Morgan fingerprint density at radius 3 is 2.68 bits per heavy atom. The van der Waals surface area contributed by atoms with Gasteiger partial charge in [0.2, 0.25) is 5.91 Å². The summed E-state index contributed by atoms with van der Waals surface area (Å²) in [5.41, 5.74) is 8.19. The highest BCUT2D eigenvalue weighted by molar-refractivity contribution is 7.91. The van der Waals surface area contributed by atoms with Crippen LogP contribution in [0.3, 0.4) is 0 Å². The highest BCUT2D eigenvalue weighted by atomic mass is 32.2. The number of aliphatic carboxylic acids is 1. The molecule has 2 aliphatic rings. The summed E-state index contributed by atoms with van der Waals surface area (Å²) in [6.45, 7) is 0.657. The third-order valence-corrected chi connectivity index (χ3v) is 8.89. The average molecular weight is 570 g/mol. The molecule has 1 unspecified atom stereocenters. The second kappa shape index (κ2) is 10.3. The predicted molar refractivity (Wildman–Crippen MR) is 133 cm³/mol. The van der Waals surface area contributed by atoms with Crippen LogP contribution in [0, 0.1) is 0 Å². The van der Waals surface area contributed by atoms with Crippen molar-refractivity contribution in [2.75, 3.05) is 13.1 Å². The lowest BCUT2D eigenvalue weighted by Crippen LogP contribution is -2.58. The van der Waals surface area contributed by atoms with E-state index in [0.717, 1.165) is 27.2 Å². The second-order valence-corrected chi connectivity index (χ2v) is 11.5. The van der Waals surface area contributed by atoms with Crippen LogP contribution in [0.4, 0.5) is 13.2 Å². The molecule has 4 heterocycles. The number of rotatable bonds is 5. The zero-order chi connectivity index (χ0) is 27.7. The van der Waals surface area contributed by atoms with Gasteiger partial charge in [0, 0.05) is 18.3 Å². The molecule has 15 heteroatoms. The molecular formula is C23H22F3N5O5S2. The normalized spacial score (nSPS) is 21.0. The quantitative estimate of drug-likeness (QED) is 0.365. The molecule has 1 amide bonds. The Morgan fingerprint density at radius 2 is 2.00 bits per heavy atom. The number of hydrogen-bond donors (Lipinski definition) is 4. The van der Waals surface area contributed by atoms with Gasteiger partial charge in [-0.3, -0.25) is 9.78 Å². The number of amides is 1. The van der Waals surface area contributed by atoms with Crippen molar-refractivity contribution >= 4 is 49.5 Å². The summed E-state index contributed by atoms with van der Waals surface area (Å²) in [5.74, 6) is -3.03. The van der Waals surface area contributed by atoms with Gasteiger partial charge in [-0.2, -0.15) is 17.9 Å². The monoisotopic (exact) mass is 569 g/mol. The summed E-state index contributed by atoms with van der Waals surface area (Å²) in [7, 11) is -3.84. The third-order valence-electron chi connectivity index (χ3n) is 5.85. The number of benzene rings is 1. The number of sulfonamides is 1. The summed E-state index contributed by atoms with van der Waals surface area (Å²) >= 11 is 1.13. The van der Waals surface area contributed by atoms with E-state index >= 15 is 0 Å². The Balaban J connectivity index is 0.000000426. The molecule has 3 aromatic rings. The van der Waals surface area contributed by atoms with E-state index in [1.54, 1.807) is 23.4 Å². The minimum absolute atomic E-state index is 0.149. The number of nitrogens with two attached hydrogens (primary N) is 1. The van der Waals surface area contributed by atoms with E-state index in [-0.39, 0.29) is 16.7 Å². The number of carbonyl (C=O) groups excluding carboxylic acids is 1. The number of carboxylic acid groups (broad SMARTS) is 1. The van der Waals surface area contributed by atoms with E-state index in [1.165, 1.54) is 6.07 Å². The third kappa shape index (κ3) is 5.80. The van der Waals surface area contributed by atoms with Gasteiger partial charge in [0.05, 0.1) is 16.8 Å². The van der Waals surface area contributed by atoms with Crippen molar-refractivity contribution < 1.29 is 36.3 Å². The molecule has 0 aliphatic carbocycles. The zero-order valence-electron chi connectivity index (χ0n) is 19.5. The van der Waals surface area contributed by atoms with Gasteiger partial charge in [-0.25, -0.2) is 13.2 Å². The number of fused-ring (bicyclic) bond motifs is 2. The van der Waals surface area contributed by atoms with Crippen LogP contribution < -0.4 is 15.8 Å². The molecule has 0 radical (unpaired) electrons. The molecule has 5 rings (SSSR count). The first kappa shape index (κ1) is 27.5. The first-order valence-electron chi connectivity index (χ1n) is 11.1. The minimum Gasteiger partial charge on any atom is -0.475 e. The standard InChI is InChI=1S/C21H21N5O3S2.C2HF3O2/c22-21(15-5-2-1-4-14(15)7-10-24-21)13-26-11-8-16(20(26)27)25-31(28,29)19-12-17-18(30-19)6-3-9-23-17;3-2(4,5)1(6)7/h1-7,9-10,12,16,24-25H,8,11,13,22H2;(H,6,7)/t16-,21?;/m1./s1. The van der Waals surface area contributed by atoms with Crippen LogP contribution in [0.5, 0.6) is 0 Å². The zero-order valence-corrected chi connectivity index (χ0v) is 21.1. The largest absolute Gasteiger partial charge is 0.490 e. The van der Waals surface area contributed by atoms with Crippen LogP contribution in [0.2, 0.25) is 0 Å². The predicted octanol–water partition coefficient (Wildman–Crippen LogP) is 2.19. The van der Waals surface area contributed by atoms with E-state index in [2.05, 4.69) is 15.0 Å². The maximum atomic E-state index is 13.0. The number of alkyl halides is 3. The molecule has 202 valence electrons. The van der Waals surface area contributed by atoms with Gasteiger partial charge in [-0.05, 0) is 42.5 Å². The molecule has 2 atom stereocenters. The van der Waals surface area contributed by atoms with Crippen molar-refractivity contribution in [3.63, 3.8) is 0 Å². The minimum atomic E-state index is -5.08. The number of nitrogens with one attached hydrogen (secondary N) is 2. The van der Waals surface area contributed by atoms with Gasteiger partial charge in [-0.15, -0.1) is 11.3 Å². The molecule has 2 aliphatic heterocycles. The number of likely N-dealkylation sites (tertiary alicyclic amines) is 1. The molecule has 10 nitrogen and oxygen atoms in total. The Kier molecular flexibility index (Phi) is 7.47. The van der Waals surface area contributed by atoms with Crippen molar-refractivity contribution in [3.05, 3.63) is 66.0 Å². The van der Waals surface area contributed by atoms with Crippen LogP contribution in [-0.2, 0) is 25.3 Å². The van der Waals surface area contributed by atoms with E-state index in [0.29, 0.717) is 18.5 Å². The number of halogens is 3. The molecule has 2 aromatic heterocycles. The van der Waals surface area contributed by atoms with E-state index in [1.807, 2.05) is 36.4 Å². The average Bonchev–Trinajstić information content (AvgIpc) is 3.44. The van der Waals surface area contributed by atoms with Crippen LogP contribution in [-0.4, -0.2) is 60.6 Å². The van der Waals surface area contributed by atoms with Gasteiger partial charge < -0.3 is 21.1 Å². The summed E-state index contributed by atoms with van der Waals surface area (Å²) in [6.07, 6.45) is 0.628. The van der Waals surface area contributed by atoms with Crippen LogP contribution in [0.15, 0.2) is 59.1 Å². The van der Waals surface area contributed by atoms with E-state index in [9.17, 15) is 26.4 Å². The number of pyridine rings is 1. The SMILES string of the molecule is NC1(CN2CC[C@@H](NS(=O)(=O)c3cc4ncccc4s3)C2=O)NC=Cc2ccccc21.O=C(O)C(F)(F)F. The first-order valence-corrected chi connectivity index (χ1v) is 13.4. The number of carboxylic acids is 1. The summed E-state index contributed by atoms with van der Waals surface area (Å²) in [4.78, 5) is 27.7. The van der Waals surface area contributed by atoms with E-state index in [4.69, 9.17) is 15.6 Å². The van der Waals surface area contributed by atoms with Gasteiger partial charge in [0.1, 0.15) is 15.9 Å². The summed E-state index contributed by atoms with van der Waals surface area (Å²) in [6, 6.07) is 12.0. The fourth-order valence-electron chi connectivity index (χ4n) is 4.07. The van der Waals surface area contributed by atoms with Gasteiger partial charge in [0.25, 0.3) is 10.0 Å². The van der Waals surface area contributed by atoms with Crippen molar-refractivity contribution in [3.8, 4) is 0 Å². The lowest BCUT2D eigenvalue weighted by atomic mass is 9.92. The molecular weight excluding hydrogens is 547 g/mol. The smallest absolute Gasteiger partial charge is 0.475 e. The Hall–Kier alpha value is -3.53. The number of hydrogen-bond acceptors (Lipinski definition) is 8. The Morgan fingerprint density at radius 1 is 1.29 bits per heavy atom. The van der Waals surface area contributed by atoms with Gasteiger partial charge >= 0.3 is 12.1 Å². The molecule has 0 bridgehead atoms. The number of thiophene rings is 1. The molecule has 5 N–H and O–H groups in total. The molecule has 1 saturated heterocycles. The van der Waals surface area contributed by atoms with Crippen molar-refractivity contribution in [2.45, 2.75) is 28.5 Å². The molecule has 0 spiro atoms. The van der Waals surface area contributed by atoms with Gasteiger partial charge in [-0.1, -0.05) is 24.3 Å². The lowest BCUT2D eigenvalue weighted by Gasteiger charge is -2.37. The highest BCUT2D eigenvalue weighted by Gasteiger charge is 2.41. The van der Waals surface area contributed by atoms with Crippen molar-refractivity contribution in [1.82, 2.24) is 19.9 Å². The fourth-order valence-corrected chi connectivity index (χ4v) is 6.65. The van der Waals surface area contributed by atoms with Crippen LogP contribution >= 0.6 is 11.3 Å². The van der Waals surface area contributed by atoms with Crippen LogP contribution in [0.25, 0.3) is 16.3 Å². The van der Waals surface area contributed by atoms with Crippen LogP contribution in [0.1, 0.15) is 17.5 Å². The first-order chi connectivity index (χ1) is 17.8. The topological polar surface area (TPSA) is 155 Å². The highest BCUT2D eigenvalue weighted by Crippen LogP contribution is 2.30. The molecule has 38 heavy (non-hydrogen) atoms. The maximum Gasteiger partial charge on any atom is 0.490 e. The second-order valence-electron chi connectivity index (χ2n) is 8.51. The number of aromatic nitrogens is 1. The number of carbonyl (C=O) groups is 2. The maximum absolute atomic E-state index is 13.0. The lowest BCUT2D eigenvalue weighted by molar-refractivity contribution is -0.192.